The number of hydrogen-bond acceptors (Lipinski definition) is 10. The molecule has 1 unspecified atom stereocenters. The summed E-state index contributed by atoms with van der Waals surface area (Å²) >= 11 is 1.23. The maximum atomic E-state index is 13.3. The highest BCUT2D eigenvalue weighted by molar-refractivity contribution is 8.22. The number of ether oxygens (including phenoxy) is 2. The molecule has 46 heavy (non-hydrogen) atoms. The summed E-state index contributed by atoms with van der Waals surface area (Å²) in [5.74, 6) is 0.526. The zero-order chi connectivity index (χ0) is 33.5. The zero-order valence-electron chi connectivity index (χ0n) is 27.3. The highest BCUT2D eigenvalue weighted by Crippen LogP contribution is 2.63. The minimum atomic E-state index is -3.74. The molecule has 3 aromatic carbocycles. The van der Waals surface area contributed by atoms with Gasteiger partial charge < -0.3 is 14.4 Å². The maximum absolute atomic E-state index is 13.3. The maximum Gasteiger partial charge on any atom is 0.315 e. The van der Waals surface area contributed by atoms with Crippen LogP contribution in [0.25, 0.3) is 0 Å². The number of thioether (sulfide) groups is 1. The quantitative estimate of drug-likeness (QED) is 0.162. The van der Waals surface area contributed by atoms with Crippen LogP contribution in [0.5, 0.6) is 5.75 Å². The Kier molecular flexibility index (Phi) is 12.1. The number of benzene rings is 3. The number of fused-ring (bicyclic) bond motifs is 1. The Bertz CT molecular complexity index is 1580. The molecule has 0 bridgehead atoms. The van der Waals surface area contributed by atoms with Crippen LogP contribution in [0.4, 0.5) is 11.4 Å². The van der Waals surface area contributed by atoms with Gasteiger partial charge in [-0.25, -0.2) is 8.42 Å². The van der Waals surface area contributed by atoms with Gasteiger partial charge in [0.15, 0.2) is 9.84 Å². The smallest absolute Gasteiger partial charge is 0.315 e. The summed E-state index contributed by atoms with van der Waals surface area (Å²) in [7, 11) is -5.82. The van der Waals surface area contributed by atoms with E-state index >= 15 is 0 Å². The predicted octanol–water partition coefficient (Wildman–Crippen LogP) is 7.91. The molecule has 1 heterocycles. The number of rotatable bonds is 14. The highest BCUT2D eigenvalue weighted by atomic mass is 32.3. The average Bonchev–Trinajstić information content (AvgIpc) is 3.11. The van der Waals surface area contributed by atoms with E-state index in [1.54, 1.807) is 26.2 Å². The zero-order valence-corrected chi connectivity index (χ0v) is 29.7. The number of hydrogen-bond donors (Lipinski definition) is 2. The van der Waals surface area contributed by atoms with E-state index in [1.807, 2.05) is 63.8 Å². The fourth-order valence-corrected chi connectivity index (χ4v) is 9.91. The lowest BCUT2D eigenvalue weighted by Crippen LogP contribution is -2.53. The van der Waals surface area contributed by atoms with Crippen molar-refractivity contribution in [2.45, 2.75) is 74.1 Å². The van der Waals surface area contributed by atoms with Crippen molar-refractivity contribution in [2.24, 2.45) is 0 Å². The standard InChI is InChI=1S/C34H46N2O7S3/c1-6-9-19-34(7-2)25-35(28-13-11-10-12-14-28)30-21-31(45(5,38)39)27(23-44-24-33(37)43-8-3)20-32(30)46(40,41)36(34)22-26-15-17-29(42-4)18-16-26/h10-18,20-21,40-41H,6-9,19,22-25H2,1-5H3. The third kappa shape index (κ3) is 8.03. The van der Waals surface area contributed by atoms with Gasteiger partial charge in [0.2, 0.25) is 0 Å². The van der Waals surface area contributed by atoms with Gasteiger partial charge in [-0.05, 0) is 67.3 Å². The average molecular weight is 691 g/mol. The molecule has 4 rings (SSSR count). The summed E-state index contributed by atoms with van der Waals surface area (Å²) in [4.78, 5) is 14.5. The molecule has 0 fully saturated rings. The Balaban J connectivity index is 1.97. The lowest BCUT2D eigenvalue weighted by atomic mass is 9.88. The SMILES string of the molecule is CCCCC1(CC)CN(c2ccccc2)c2cc(S(C)(=O)=O)c(CSCC(=O)OCC)cc2S(O)(O)N1Cc1ccc(OC)cc1. The molecule has 0 aromatic heterocycles. The van der Waals surface area contributed by atoms with Gasteiger partial charge in [0.05, 0.1) is 40.5 Å². The van der Waals surface area contributed by atoms with Crippen molar-refractivity contribution in [3.63, 3.8) is 0 Å². The van der Waals surface area contributed by atoms with Crippen LogP contribution in [0, 0.1) is 0 Å². The largest absolute Gasteiger partial charge is 0.497 e. The third-order valence-corrected chi connectivity index (χ3v) is 12.6. The van der Waals surface area contributed by atoms with Crippen molar-refractivity contribution >= 4 is 49.7 Å². The topological polar surface area (TPSA) is 117 Å². The number of sulfone groups is 1. The summed E-state index contributed by atoms with van der Waals surface area (Å²) < 4.78 is 63.9. The molecule has 2 N–H and O–H groups in total. The molecule has 0 saturated carbocycles. The predicted molar refractivity (Wildman–Crippen MR) is 188 cm³/mol. The Morgan fingerprint density at radius 3 is 2.33 bits per heavy atom. The first-order chi connectivity index (χ1) is 21.9. The van der Waals surface area contributed by atoms with Crippen molar-refractivity contribution < 1.29 is 31.8 Å². The summed E-state index contributed by atoms with van der Waals surface area (Å²) in [6.07, 6.45) is 4.27. The van der Waals surface area contributed by atoms with E-state index in [9.17, 15) is 22.3 Å². The lowest BCUT2D eigenvalue weighted by Gasteiger charge is -2.52. The second-order valence-corrected chi connectivity index (χ2v) is 16.4. The normalized spacial score (nSPS) is 18.8. The van der Waals surface area contributed by atoms with E-state index in [4.69, 9.17) is 9.47 Å². The Hall–Kier alpha value is -2.74. The molecule has 0 spiro atoms. The summed E-state index contributed by atoms with van der Waals surface area (Å²) in [6, 6.07) is 20.5. The van der Waals surface area contributed by atoms with Crippen LogP contribution in [-0.2, 0) is 31.7 Å². The molecular weight excluding hydrogens is 645 g/mol. The Labute approximate surface area is 279 Å². The van der Waals surface area contributed by atoms with Gasteiger partial charge in [-0.2, -0.15) is 4.31 Å². The number of esters is 1. The number of para-hydroxylation sites is 1. The van der Waals surface area contributed by atoms with Crippen LogP contribution in [0.15, 0.2) is 76.5 Å². The molecule has 252 valence electrons. The van der Waals surface area contributed by atoms with Gasteiger partial charge in [-0.3, -0.25) is 13.9 Å². The van der Waals surface area contributed by atoms with Gasteiger partial charge in [-0.1, -0.05) is 57.0 Å². The van der Waals surface area contributed by atoms with E-state index in [0.717, 1.165) is 30.3 Å². The van der Waals surface area contributed by atoms with Crippen molar-refractivity contribution in [2.75, 3.05) is 37.2 Å². The van der Waals surface area contributed by atoms with E-state index < -0.39 is 32.1 Å². The fourth-order valence-electron chi connectivity index (χ4n) is 5.94. The number of nitrogens with zero attached hydrogens (tertiary/aromatic N) is 2. The number of anilines is 2. The Morgan fingerprint density at radius 2 is 1.74 bits per heavy atom. The molecule has 1 aliphatic heterocycles. The van der Waals surface area contributed by atoms with Gasteiger partial charge in [0.1, 0.15) is 5.75 Å². The van der Waals surface area contributed by atoms with Crippen molar-refractivity contribution in [3.05, 3.63) is 77.9 Å². The van der Waals surface area contributed by atoms with Crippen LogP contribution >= 0.6 is 22.5 Å². The number of methoxy groups -OCH3 is 1. The number of carbonyl (C=O) groups excluding carboxylic acids is 1. The van der Waals surface area contributed by atoms with E-state index in [-0.39, 0.29) is 34.4 Å². The van der Waals surface area contributed by atoms with E-state index in [1.165, 1.54) is 11.8 Å². The summed E-state index contributed by atoms with van der Waals surface area (Å²) in [5, 5.41) is 0. The van der Waals surface area contributed by atoms with Crippen molar-refractivity contribution in [3.8, 4) is 5.75 Å². The molecule has 0 aliphatic carbocycles. The van der Waals surface area contributed by atoms with Crippen LogP contribution < -0.4 is 9.64 Å². The Morgan fingerprint density at radius 1 is 1.04 bits per heavy atom. The minimum Gasteiger partial charge on any atom is -0.497 e. The second-order valence-electron chi connectivity index (χ2n) is 11.5. The molecule has 1 atom stereocenters. The van der Waals surface area contributed by atoms with Crippen LogP contribution in [0.3, 0.4) is 0 Å². The molecule has 0 saturated heterocycles. The van der Waals surface area contributed by atoms with Crippen LogP contribution in [0.2, 0.25) is 0 Å². The van der Waals surface area contributed by atoms with E-state index in [0.29, 0.717) is 36.4 Å². The number of unbranched alkanes of at least 4 members (excludes halogenated alkanes) is 1. The highest BCUT2D eigenvalue weighted by Gasteiger charge is 2.48. The third-order valence-electron chi connectivity index (χ3n) is 8.41. The minimum absolute atomic E-state index is 0.0417. The van der Waals surface area contributed by atoms with Crippen LogP contribution in [-0.4, -0.2) is 65.6 Å². The number of carbonyl (C=O) groups is 1. The molecule has 0 amide bonds. The van der Waals surface area contributed by atoms with Gasteiger partial charge in [0.25, 0.3) is 0 Å². The first-order valence-corrected chi connectivity index (χ1v) is 20.1. The molecule has 0 radical (unpaired) electrons. The lowest BCUT2D eigenvalue weighted by molar-refractivity contribution is -0.139. The molecular formula is C34H46N2O7S3. The second kappa shape index (κ2) is 15.4. The fraction of sp³-hybridized carbons (Fsp3) is 0.441. The summed E-state index contributed by atoms with van der Waals surface area (Å²) in [5.41, 5.74) is 1.88. The van der Waals surface area contributed by atoms with Gasteiger partial charge >= 0.3 is 5.97 Å². The monoisotopic (exact) mass is 690 g/mol. The summed E-state index contributed by atoms with van der Waals surface area (Å²) in [6.45, 7) is 6.84. The molecule has 3 aromatic rings. The molecule has 1 aliphatic rings. The molecule has 9 nitrogen and oxygen atoms in total. The molecule has 12 heteroatoms. The van der Waals surface area contributed by atoms with Crippen molar-refractivity contribution in [1.82, 2.24) is 4.31 Å². The van der Waals surface area contributed by atoms with Crippen molar-refractivity contribution in [1.29, 1.82) is 0 Å². The first kappa shape index (κ1) is 36.1. The van der Waals surface area contributed by atoms with Gasteiger partial charge in [0, 0.05) is 30.8 Å². The first-order valence-electron chi connectivity index (χ1n) is 15.5. The van der Waals surface area contributed by atoms with Crippen LogP contribution in [0.1, 0.15) is 57.6 Å². The van der Waals surface area contributed by atoms with E-state index in [2.05, 4.69) is 13.8 Å². The van der Waals surface area contributed by atoms with Gasteiger partial charge in [-0.15, -0.1) is 22.5 Å².